The largest absolute Gasteiger partial charge is 0.460 e. The molecule has 0 aromatic heterocycles. The molecule has 0 spiro atoms. The van der Waals surface area contributed by atoms with E-state index in [1.807, 2.05) is 60.7 Å². The van der Waals surface area contributed by atoms with E-state index in [2.05, 4.69) is 58.9 Å². The maximum absolute atomic E-state index is 13.9. The van der Waals surface area contributed by atoms with E-state index < -0.39 is 11.8 Å². The second-order valence-corrected chi connectivity index (χ2v) is 15.0. The minimum atomic E-state index is -0.800. The molecule has 0 heterocycles. The number of Topliss-reactive ketones (excluding diaryl/α,β-unsaturated/α-hetero) is 1. The van der Waals surface area contributed by atoms with E-state index in [9.17, 15) is 14.4 Å². The number of carbonyl (C=O) groups is 3. The van der Waals surface area contributed by atoms with E-state index in [1.54, 1.807) is 17.8 Å². The predicted molar refractivity (Wildman–Crippen MR) is 196 cm³/mol. The molecule has 0 unspecified atom stereocenters. The quantitative estimate of drug-likeness (QED) is 0.0680. The fourth-order valence-electron chi connectivity index (χ4n) is 6.64. The van der Waals surface area contributed by atoms with Crippen LogP contribution in [0.1, 0.15) is 123 Å². The van der Waals surface area contributed by atoms with Crippen LogP contribution < -0.4 is 0 Å². The van der Waals surface area contributed by atoms with Gasteiger partial charge in [0.25, 0.3) is 5.78 Å². The van der Waals surface area contributed by atoms with E-state index in [-0.39, 0.29) is 23.2 Å². The minimum Gasteiger partial charge on any atom is -0.460 e. The molecule has 0 bridgehead atoms. The highest BCUT2D eigenvalue weighted by molar-refractivity contribution is 7.99. The van der Waals surface area contributed by atoms with E-state index in [0.717, 1.165) is 77.0 Å². The third-order valence-corrected chi connectivity index (χ3v) is 11.1. The Morgan fingerprint density at radius 3 is 1.81 bits per heavy atom. The van der Waals surface area contributed by atoms with Gasteiger partial charge in [-0.1, -0.05) is 121 Å². The van der Waals surface area contributed by atoms with Gasteiger partial charge in [0.15, 0.2) is 5.78 Å². The summed E-state index contributed by atoms with van der Waals surface area (Å²) < 4.78 is 5.45. The molecule has 250 valence electrons. The Balaban J connectivity index is 1.46. The number of hydrogen-bond acceptors (Lipinski definition) is 5. The summed E-state index contributed by atoms with van der Waals surface area (Å²) in [4.78, 5) is 42.4. The summed E-state index contributed by atoms with van der Waals surface area (Å²) in [5, 5.41) is 0. The van der Waals surface area contributed by atoms with Crippen molar-refractivity contribution in [2.75, 3.05) is 6.61 Å². The minimum absolute atomic E-state index is 0.00485. The Bertz CT molecular complexity index is 1750. The Morgan fingerprint density at radius 2 is 1.23 bits per heavy atom. The van der Waals surface area contributed by atoms with Crippen molar-refractivity contribution in [2.45, 2.75) is 101 Å². The number of carbonyl (C=O) groups excluding carboxylic acids is 3. The van der Waals surface area contributed by atoms with E-state index in [4.69, 9.17) is 4.74 Å². The molecule has 4 aromatic rings. The van der Waals surface area contributed by atoms with Gasteiger partial charge in [-0.05, 0) is 95.5 Å². The summed E-state index contributed by atoms with van der Waals surface area (Å²) in [6.07, 6.45) is 7.56. The first kappa shape index (κ1) is 35.3. The molecule has 0 atom stereocenters. The third-order valence-electron chi connectivity index (χ3n) is 10.0. The molecule has 5 rings (SSSR count). The standard InChI is InChI=1S/C43H48O4S/c1-6-9-24-43(25-10-7-2)37-28-31(39(44)30-16-20-34(21-17-30)48-33-14-12-11-13-15-33)18-22-35(37)36-23-19-32(29-38(36)43)40(45)41(46)47-27-26-42(4,5)8-3/h11-23,28-29H,6-10,24-27H2,1-5H3. The number of ether oxygens (including phenoxy) is 1. The maximum Gasteiger partial charge on any atom is 0.379 e. The van der Waals surface area contributed by atoms with Gasteiger partial charge in [0.2, 0.25) is 0 Å². The summed E-state index contributed by atoms with van der Waals surface area (Å²) >= 11 is 1.67. The molecule has 0 N–H and O–H groups in total. The molecule has 1 aliphatic carbocycles. The fourth-order valence-corrected chi connectivity index (χ4v) is 7.48. The lowest BCUT2D eigenvalue weighted by molar-refractivity contribution is -0.138. The van der Waals surface area contributed by atoms with E-state index in [1.165, 1.54) is 0 Å². The van der Waals surface area contributed by atoms with Gasteiger partial charge in [-0.25, -0.2) is 4.79 Å². The number of hydrogen-bond donors (Lipinski definition) is 0. The molecule has 5 heteroatoms. The van der Waals surface area contributed by atoms with Crippen molar-refractivity contribution < 1.29 is 19.1 Å². The first-order valence-electron chi connectivity index (χ1n) is 17.5. The van der Waals surface area contributed by atoms with Crippen LogP contribution in [0.15, 0.2) is 101 Å². The number of fused-ring (bicyclic) bond motifs is 3. The zero-order valence-electron chi connectivity index (χ0n) is 29.1. The topological polar surface area (TPSA) is 60.4 Å². The molecule has 0 saturated heterocycles. The highest BCUT2D eigenvalue weighted by atomic mass is 32.2. The molecule has 4 aromatic carbocycles. The van der Waals surface area contributed by atoms with Crippen molar-refractivity contribution in [3.05, 3.63) is 119 Å². The van der Waals surface area contributed by atoms with Gasteiger partial charge in [-0.2, -0.15) is 0 Å². The summed E-state index contributed by atoms with van der Waals surface area (Å²) in [7, 11) is 0. The smallest absolute Gasteiger partial charge is 0.379 e. The van der Waals surface area contributed by atoms with Gasteiger partial charge >= 0.3 is 5.97 Å². The zero-order chi connectivity index (χ0) is 34.3. The van der Waals surface area contributed by atoms with Crippen LogP contribution in [0.3, 0.4) is 0 Å². The molecule has 0 radical (unpaired) electrons. The second kappa shape index (κ2) is 15.5. The Hall–Kier alpha value is -3.96. The van der Waals surface area contributed by atoms with Gasteiger partial charge in [0, 0.05) is 31.9 Å². The molecule has 0 aliphatic heterocycles. The summed E-state index contributed by atoms with van der Waals surface area (Å²) in [6.45, 7) is 11.0. The van der Waals surface area contributed by atoms with Gasteiger partial charge < -0.3 is 4.74 Å². The van der Waals surface area contributed by atoms with E-state index >= 15 is 0 Å². The molecule has 48 heavy (non-hydrogen) atoms. The lowest BCUT2D eigenvalue weighted by Gasteiger charge is -2.33. The lowest BCUT2D eigenvalue weighted by Crippen LogP contribution is -2.27. The van der Waals surface area contributed by atoms with E-state index in [0.29, 0.717) is 23.1 Å². The van der Waals surface area contributed by atoms with Crippen LogP contribution in [-0.2, 0) is 14.9 Å². The average Bonchev–Trinajstić information content (AvgIpc) is 3.38. The molecular formula is C43H48O4S. The Morgan fingerprint density at radius 1 is 0.688 bits per heavy atom. The molecule has 4 nitrogen and oxygen atoms in total. The van der Waals surface area contributed by atoms with Gasteiger partial charge in [0.1, 0.15) is 0 Å². The zero-order valence-corrected chi connectivity index (χ0v) is 29.9. The Kier molecular flexibility index (Phi) is 11.4. The molecular weight excluding hydrogens is 613 g/mol. The van der Waals surface area contributed by atoms with Crippen molar-refractivity contribution in [3.63, 3.8) is 0 Å². The van der Waals surface area contributed by atoms with Gasteiger partial charge in [-0.3, -0.25) is 9.59 Å². The van der Waals surface area contributed by atoms with Crippen LogP contribution in [-0.4, -0.2) is 24.1 Å². The lowest BCUT2D eigenvalue weighted by atomic mass is 9.70. The van der Waals surface area contributed by atoms with Crippen molar-refractivity contribution in [1.29, 1.82) is 0 Å². The monoisotopic (exact) mass is 660 g/mol. The number of rotatable bonds is 16. The SMILES string of the molecule is CCCCC1(CCCC)c2cc(C(=O)C(=O)OCCC(C)(C)CC)ccc2-c2ccc(C(=O)c3ccc(Sc4ccccc4)cc3)cc21. The van der Waals surface area contributed by atoms with Crippen molar-refractivity contribution in [2.24, 2.45) is 5.41 Å². The van der Waals surface area contributed by atoms with Crippen molar-refractivity contribution >= 4 is 29.3 Å². The summed E-state index contributed by atoms with van der Waals surface area (Å²) in [5.74, 6) is -1.41. The maximum atomic E-state index is 13.9. The second-order valence-electron chi connectivity index (χ2n) is 13.8. The highest BCUT2D eigenvalue weighted by Gasteiger charge is 2.43. The Labute approximate surface area is 290 Å². The van der Waals surface area contributed by atoms with Gasteiger partial charge in [0.05, 0.1) is 6.61 Å². The summed E-state index contributed by atoms with van der Waals surface area (Å²) in [6, 6.07) is 29.8. The van der Waals surface area contributed by atoms with Crippen LogP contribution in [0, 0.1) is 5.41 Å². The van der Waals surface area contributed by atoms with Crippen LogP contribution >= 0.6 is 11.8 Å². The van der Waals surface area contributed by atoms with Gasteiger partial charge in [-0.15, -0.1) is 0 Å². The summed E-state index contributed by atoms with van der Waals surface area (Å²) in [5.41, 5.74) is 5.79. The molecule has 0 fully saturated rings. The van der Waals surface area contributed by atoms with Crippen LogP contribution in [0.5, 0.6) is 0 Å². The first-order chi connectivity index (χ1) is 23.1. The normalized spacial score (nSPS) is 13.1. The molecule has 0 saturated carbocycles. The number of esters is 1. The number of unbranched alkanes of at least 4 members (excludes halogenated alkanes) is 2. The third kappa shape index (κ3) is 7.68. The molecule has 0 amide bonds. The molecule has 1 aliphatic rings. The predicted octanol–water partition coefficient (Wildman–Crippen LogP) is 11.3. The average molecular weight is 661 g/mol. The first-order valence-corrected chi connectivity index (χ1v) is 18.3. The van der Waals surface area contributed by atoms with Crippen molar-refractivity contribution in [1.82, 2.24) is 0 Å². The fraction of sp³-hybridized carbons (Fsp3) is 0.372. The number of ketones is 2. The van der Waals surface area contributed by atoms with Crippen LogP contribution in [0.4, 0.5) is 0 Å². The highest BCUT2D eigenvalue weighted by Crippen LogP contribution is 2.54. The van der Waals surface area contributed by atoms with Crippen LogP contribution in [0.2, 0.25) is 0 Å². The number of benzene rings is 4. The van der Waals surface area contributed by atoms with Crippen molar-refractivity contribution in [3.8, 4) is 11.1 Å². The van der Waals surface area contributed by atoms with Crippen LogP contribution in [0.25, 0.3) is 11.1 Å².